The van der Waals surface area contributed by atoms with E-state index in [0.717, 1.165) is 12.8 Å². The van der Waals surface area contributed by atoms with Crippen LogP contribution in [0.15, 0.2) is 23.0 Å². The predicted octanol–water partition coefficient (Wildman–Crippen LogP) is 3.09. The third-order valence-corrected chi connectivity index (χ3v) is 4.44. The number of H-pyrrole nitrogens is 1. The Morgan fingerprint density at radius 1 is 1.42 bits per heavy atom. The molecule has 0 radical (unpaired) electrons. The van der Waals surface area contributed by atoms with Crippen LogP contribution in [0.1, 0.15) is 25.5 Å². The Labute approximate surface area is 138 Å². The van der Waals surface area contributed by atoms with Crippen molar-refractivity contribution >= 4 is 11.0 Å². The molecule has 1 unspecified atom stereocenters. The highest BCUT2D eigenvalue weighted by molar-refractivity contribution is 5.75. The molecule has 5 nitrogen and oxygen atoms in total. The van der Waals surface area contributed by atoms with Crippen molar-refractivity contribution < 1.29 is 18.3 Å². The number of nitrogens with one attached hydrogen (secondary N) is 1. The summed E-state index contributed by atoms with van der Waals surface area (Å²) in [5.41, 5.74) is -1.11. The normalized spacial score (nSPS) is 20.3. The third-order valence-electron chi connectivity index (χ3n) is 4.44. The second-order valence-corrected chi connectivity index (χ2v) is 6.32. The van der Waals surface area contributed by atoms with Gasteiger partial charge in [-0.1, -0.05) is 6.92 Å². The number of aromatic nitrogens is 2. The van der Waals surface area contributed by atoms with Crippen molar-refractivity contribution in [2.24, 2.45) is 11.8 Å². The maximum atomic E-state index is 14.3. The van der Waals surface area contributed by atoms with Crippen LogP contribution in [-0.2, 0) is 10.7 Å². The van der Waals surface area contributed by atoms with E-state index in [-0.39, 0.29) is 12.1 Å². The Bertz CT molecular complexity index is 791. The monoisotopic (exact) mass is 338 g/mol. The molecule has 2 aromatic rings. The topological polar surface area (TPSA) is 64.2 Å². The van der Waals surface area contributed by atoms with Crippen LogP contribution in [0.3, 0.4) is 0 Å². The van der Waals surface area contributed by atoms with Crippen LogP contribution in [0, 0.1) is 11.8 Å². The molecule has 1 fully saturated rings. The first kappa shape index (κ1) is 16.8. The fourth-order valence-electron chi connectivity index (χ4n) is 2.75. The molecule has 7 heteroatoms. The molecular formula is C17H20F2N2O3. The molecule has 130 valence electrons. The highest BCUT2D eigenvalue weighted by Crippen LogP contribution is 2.40. The van der Waals surface area contributed by atoms with Gasteiger partial charge in [0, 0.05) is 12.7 Å². The van der Waals surface area contributed by atoms with E-state index in [9.17, 15) is 13.6 Å². The third kappa shape index (κ3) is 3.56. The average molecular weight is 338 g/mol. The minimum absolute atomic E-state index is 0.271. The van der Waals surface area contributed by atoms with Gasteiger partial charge in [-0.15, -0.1) is 0 Å². The van der Waals surface area contributed by atoms with Gasteiger partial charge in [0.2, 0.25) is 0 Å². The maximum Gasteiger partial charge on any atom is 0.317 e. The highest BCUT2D eigenvalue weighted by atomic mass is 19.3. The number of aromatic amines is 1. The summed E-state index contributed by atoms with van der Waals surface area (Å²) in [6, 6.07) is 4.67. The van der Waals surface area contributed by atoms with Crippen LogP contribution < -0.4 is 10.3 Å². The molecule has 1 saturated carbocycles. The fourth-order valence-corrected chi connectivity index (χ4v) is 2.75. The molecule has 1 aliphatic rings. The lowest BCUT2D eigenvalue weighted by Crippen LogP contribution is -2.31. The molecule has 0 aliphatic heterocycles. The quantitative estimate of drug-likeness (QED) is 0.788. The average Bonchev–Trinajstić information content (AvgIpc) is 3.25. The van der Waals surface area contributed by atoms with Gasteiger partial charge in [0.25, 0.3) is 5.56 Å². The van der Waals surface area contributed by atoms with Crippen LogP contribution in [0.4, 0.5) is 8.78 Å². The first-order chi connectivity index (χ1) is 11.4. The maximum absolute atomic E-state index is 14.3. The lowest BCUT2D eigenvalue weighted by Gasteiger charge is -2.15. The Morgan fingerprint density at radius 3 is 2.83 bits per heavy atom. The molecule has 0 spiro atoms. The largest absolute Gasteiger partial charge is 0.497 e. The number of methoxy groups -OCH3 is 1. The van der Waals surface area contributed by atoms with E-state index in [1.54, 1.807) is 12.1 Å². The van der Waals surface area contributed by atoms with Gasteiger partial charge in [0.05, 0.1) is 18.1 Å². The van der Waals surface area contributed by atoms with E-state index in [0.29, 0.717) is 23.1 Å². The van der Waals surface area contributed by atoms with E-state index in [4.69, 9.17) is 9.47 Å². The second-order valence-electron chi connectivity index (χ2n) is 6.32. The SMILES string of the molecule is COc1ccc2nc(C(F)(F)COCC[C@@H]3CC3C)c(=O)[nH]c2c1. The Morgan fingerprint density at radius 2 is 2.17 bits per heavy atom. The van der Waals surface area contributed by atoms with E-state index >= 15 is 0 Å². The number of alkyl halides is 2. The van der Waals surface area contributed by atoms with E-state index in [2.05, 4.69) is 16.9 Å². The van der Waals surface area contributed by atoms with Gasteiger partial charge in [-0.05, 0) is 36.8 Å². The van der Waals surface area contributed by atoms with Crippen molar-refractivity contribution in [3.05, 3.63) is 34.2 Å². The molecular weight excluding hydrogens is 318 g/mol. The van der Waals surface area contributed by atoms with Crippen molar-refractivity contribution in [3.8, 4) is 5.75 Å². The zero-order valence-corrected chi connectivity index (χ0v) is 13.6. The van der Waals surface area contributed by atoms with Gasteiger partial charge in [-0.2, -0.15) is 8.78 Å². The van der Waals surface area contributed by atoms with Crippen molar-refractivity contribution in [3.63, 3.8) is 0 Å². The van der Waals surface area contributed by atoms with Gasteiger partial charge in [0.15, 0.2) is 5.69 Å². The molecule has 24 heavy (non-hydrogen) atoms. The summed E-state index contributed by atoms with van der Waals surface area (Å²) in [4.78, 5) is 18.2. The number of fused-ring (bicyclic) bond motifs is 1. The number of halogens is 2. The molecule has 1 N–H and O–H groups in total. The number of hydrogen-bond donors (Lipinski definition) is 1. The number of ether oxygens (including phenoxy) is 2. The van der Waals surface area contributed by atoms with Gasteiger partial charge in [-0.3, -0.25) is 4.79 Å². The smallest absolute Gasteiger partial charge is 0.317 e. The predicted molar refractivity (Wildman–Crippen MR) is 85.5 cm³/mol. The minimum atomic E-state index is -3.43. The second kappa shape index (κ2) is 6.47. The van der Waals surface area contributed by atoms with Gasteiger partial charge in [-0.25, -0.2) is 4.98 Å². The summed E-state index contributed by atoms with van der Waals surface area (Å²) in [7, 11) is 1.48. The number of rotatable bonds is 7. The lowest BCUT2D eigenvalue weighted by atomic mass is 10.2. The van der Waals surface area contributed by atoms with Crippen LogP contribution in [-0.4, -0.2) is 30.3 Å². The Balaban J connectivity index is 1.73. The van der Waals surface area contributed by atoms with E-state index in [1.165, 1.54) is 13.2 Å². The summed E-state index contributed by atoms with van der Waals surface area (Å²) >= 11 is 0. The van der Waals surface area contributed by atoms with Crippen molar-refractivity contribution in [2.45, 2.75) is 25.7 Å². The first-order valence-corrected chi connectivity index (χ1v) is 7.95. The van der Waals surface area contributed by atoms with Gasteiger partial charge >= 0.3 is 5.92 Å². The summed E-state index contributed by atoms with van der Waals surface area (Å²) in [6.07, 6.45) is 1.91. The number of hydrogen-bond acceptors (Lipinski definition) is 4. The van der Waals surface area contributed by atoms with Crippen molar-refractivity contribution in [1.82, 2.24) is 9.97 Å². The van der Waals surface area contributed by atoms with E-state index < -0.39 is 23.8 Å². The van der Waals surface area contributed by atoms with Crippen molar-refractivity contribution in [2.75, 3.05) is 20.3 Å². The zero-order chi connectivity index (χ0) is 17.3. The molecule has 1 aromatic heterocycles. The molecule has 0 saturated heterocycles. The molecule has 0 amide bonds. The summed E-state index contributed by atoms with van der Waals surface area (Å²) in [5.74, 6) is -1.68. The Hall–Kier alpha value is -2.02. The fraction of sp³-hybridized carbons (Fsp3) is 0.529. The Kier molecular flexibility index (Phi) is 4.54. The van der Waals surface area contributed by atoms with Crippen molar-refractivity contribution in [1.29, 1.82) is 0 Å². The molecule has 1 aliphatic carbocycles. The molecule has 1 aromatic carbocycles. The van der Waals surface area contributed by atoms with Crippen LogP contribution in [0.5, 0.6) is 5.75 Å². The molecule has 0 bridgehead atoms. The summed E-state index contributed by atoms with van der Waals surface area (Å²) in [5, 5.41) is 0. The van der Waals surface area contributed by atoms with E-state index in [1.807, 2.05) is 0 Å². The number of nitrogens with zero attached hydrogens (tertiary/aromatic N) is 1. The molecule has 2 atom stereocenters. The summed E-state index contributed by atoms with van der Waals surface area (Å²) < 4.78 is 38.7. The lowest BCUT2D eigenvalue weighted by molar-refractivity contribution is -0.0873. The van der Waals surface area contributed by atoms with Gasteiger partial charge < -0.3 is 14.5 Å². The van der Waals surface area contributed by atoms with Crippen LogP contribution in [0.25, 0.3) is 11.0 Å². The number of benzene rings is 1. The van der Waals surface area contributed by atoms with Crippen LogP contribution >= 0.6 is 0 Å². The standard InChI is InChI=1S/C17H20F2N2O3/c1-10-7-11(10)5-6-24-9-17(18,19)15-16(22)21-14-8-12(23-2)3-4-13(14)20-15/h3-4,8,10-11H,5-7,9H2,1-2H3,(H,21,22)/t10?,11-/m1/s1. The zero-order valence-electron chi connectivity index (χ0n) is 13.6. The minimum Gasteiger partial charge on any atom is -0.497 e. The molecule has 1 heterocycles. The van der Waals surface area contributed by atoms with Crippen LogP contribution in [0.2, 0.25) is 0 Å². The molecule has 3 rings (SSSR count). The van der Waals surface area contributed by atoms with Gasteiger partial charge in [0.1, 0.15) is 12.4 Å². The first-order valence-electron chi connectivity index (χ1n) is 7.95. The highest BCUT2D eigenvalue weighted by Gasteiger charge is 2.38. The summed E-state index contributed by atoms with van der Waals surface area (Å²) in [6.45, 7) is 1.56.